The molecular weight excluding hydrogens is 386 g/mol. The van der Waals surface area contributed by atoms with Gasteiger partial charge in [0, 0.05) is 0 Å². The SMILES string of the molecule is C=C=NC1CCCCC1OC(CC)C(COC1CCCCC1C)OC1CCCCC1C. The lowest BCUT2D eigenvalue weighted by atomic mass is 9.87. The molecule has 0 aromatic heterocycles. The Kier molecular flexibility index (Phi) is 10.6. The van der Waals surface area contributed by atoms with E-state index in [2.05, 4.69) is 38.2 Å². The molecule has 0 radical (unpaired) electrons. The molecule has 0 bridgehead atoms. The summed E-state index contributed by atoms with van der Waals surface area (Å²) in [7, 11) is 0. The van der Waals surface area contributed by atoms with Crippen molar-refractivity contribution in [3.05, 3.63) is 6.58 Å². The molecule has 0 aliphatic heterocycles. The van der Waals surface area contributed by atoms with Gasteiger partial charge in [0.1, 0.15) is 6.10 Å². The van der Waals surface area contributed by atoms with Gasteiger partial charge >= 0.3 is 0 Å². The average molecular weight is 434 g/mol. The molecule has 4 nitrogen and oxygen atoms in total. The number of hydrogen-bond acceptors (Lipinski definition) is 4. The maximum Gasteiger partial charge on any atom is 0.107 e. The molecule has 0 aromatic carbocycles. The van der Waals surface area contributed by atoms with Crippen LogP contribution in [-0.2, 0) is 14.2 Å². The van der Waals surface area contributed by atoms with Crippen LogP contribution in [0.1, 0.15) is 104 Å². The van der Waals surface area contributed by atoms with E-state index in [9.17, 15) is 0 Å². The summed E-state index contributed by atoms with van der Waals surface area (Å²) in [6.45, 7) is 11.3. The second-order valence-corrected chi connectivity index (χ2v) is 10.4. The van der Waals surface area contributed by atoms with Gasteiger partial charge in [-0.1, -0.05) is 59.3 Å². The molecule has 31 heavy (non-hydrogen) atoms. The normalized spacial score (nSPS) is 36.4. The van der Waals surface area contributed by atoms with Crippen LogP contribution in [0.4, 0.5) is 0 Å². The van der Waals surface area contributed by atoms with Crippen LogP contribution < -0.4 is 0 Å². The third kappa shape index (κ3) is 7.42. The number of rotatable bonds is 10. The van der Waals surface area contributed by atoms with Gasteiger partial charge < -0.3 is 14.2 Å². The topological polar surface area (TPSA) is 40.0 Å². The van der Waals surface area contributed by atoms with Crippen molar-refractivity contribution in [2.45, 2.75) is 141 Å². The van der Waals surface area contributed by atoms with Crippen LogP contribution in [0.15, 0.2) is 11.6 Å². The number of aliphatic imine (C=N–C) groups is 1. The molecule has 178 valence electrons. The first-order valence-corrected chi connectivity index (χ1v) is 13.3. The monoisotopic (exact) mass is 433 g/mol. The number of hydrogen-bond donors (Lipinski definition) is 0. The van der Waals surface area contributed by atoms with Crippen molar-refractivity contribution in [1.82, 2.24) is 0 Å². The van der Waals surface area contributed by atoms with E-state index < -0.39 is 0 Å². The summed E-state index contributed by atoms with van der Waals surface area (Å²) in [6, 6.07) is 0.189. The lowest BCUT2D eigenvalue weighted by molar-refractivity contribution is -0.175. The Hall–Kier alpha value is -0.670. The largest absolute Gasteiger partial charge is 0.375 e. The first-order chi connectivity index (χ1) is 15.1. The zero-order chi connectivity index (χ0) is 22.1. The Morgan fingerprint density at radius 3 is 1.94 bits per heavy atom. The Labute approximate surface area is 191 Å². The first kappa shape index (κ1) is 25.0. The summed E-state index contributed by atoms with van der Waals surface area (Å²) in [5, 5.41) is 0. The summed E-state index contributed by atoms with van der Waals surface area (Å²) in [6.07, 6.45) is 16.6. The van der Waals surface area contributed by atoms with E-state index in [1.165, 1.54) is 64.2 Å². The van der Waals surface area contributed by atoms with Crippen LogP contribution in [0.3, 0.4) is 0 Å². The fourth-order valence-electron chi connectivity index (χ4n) is 5.86. The van der Waals surface area contributed by atoms with E-state index in [0.29, 0.717) is 30.7 Å². The van der Waals surface area contributed by atoms with E-state index in [1.54, 1.807) is 0 Å². The molecule has 0 amide bonds. The summed E-state index contributed by atoms with van der Waals surface area (Å²) in [4.78, 5) is 4.51. The Morgan fingerprint density at radius 2 is 1.32 bits per heavy atom. The van der Waals surface area contributed by atoms with Crippen molar-refractivity contribution in [1.29, 1.82) is 0 Å². The van der Waals surface area contributed by atoms with Crippen molar-refractivity contribution >= 4 is 5.87 Å². The van der Waals surface area contributed by atoms with Crippen molar-refractivity contribution in [3.63, 3.8) is 0 Å². The van der Waals surface area contributed by atoms with Crippen LogP contribution in [0.25, 0.3) is 0 Å². The Balaban J connectivity index is 1.67. The smallest absolute Gasteiger partial charge is 0.107 e. The van der Waals surface area contributed by atoms with E-state index in [4.69, 9.17) is 14.2 Å². The highest BCUT2D eigenvalue weighted by Gasteiger charge is 2.35. The van der Waals surface area contributed by atoms with Crippen LogP contribution in [0, 0.1) is 11.8 Å². The summed E-state index contributed by atoms with van der Waals surface area (Å²) >= 11 is 0. The van der Waals surface area contributed by atoms with Crippen LogP contribution >= 0.6 is 0 Å². The van der Waals surface area contributed by atoms with E-state index in [1.807, 2.05) is 0 Å². The van der Waals surface area contributed by atoms with Gasteiger partial charge in [0.15, 0.2) is 0 Å². The zero-order valence-corrected chi connectivity index (χ0v) is 20.4. The lowest BCUT2D eigenvalue weighted by Crippen LogP contribution is -2.45. The summed E-state index contributed by atoms with van der Waals surface area (Å²) in [5.41, 5.74) is 0. The van der Waals surface area contributed by atoms with E-state index >= 15 is 0 Å². The molecule has 8 atom stereocenters. The highest BCUT2D eigenvalue weighted by Crippen LogP contribution is 2.32. The van der Waals surface area contributed by atoms with Gasteiger partial charge in [-0.15, -0.1) is 0 Å². The number of nitrogens with zero attached hydrogens (tertiary/aromatic N) is 1. The van der Waals surface area contributed by atoms with Crippen molar-refractivity contribution in [2.24, 2.45) is 16.8 Å². The van der Waals surface area contributed by atoms with Gasteiger partial charge in [0.2, 0.25) is 0 Å². The molecule has 0 spiro atoms. The molecule has 4 heteroatoms. The second-order valence-electron chi connectivity index (χ2n) is 10.4. The molecule has 0 heterocycles. The predicted octanol–water partition coefficient (Wildman–Crippen LogP) is 6.51. The van der Waals surface area contributed by atoms with Gasteiger partial charge in [-0.05, 0) is 69.2 Å². The molecule has 8 unspecified atom stereocenters. The molecule has 0 aromatic rings. The average Bonchev–Trinajstić information content (AvgIpc) is 2.78. The standard InChI is InChI=1S/C27H47NO3/c1-5-23(30-26-18-12-9-15-22(26)28-6-2)27(31-25-17-11-8-14-21(25)4)19-29-24-16-10-7-13-20(24)3/h20-27H,2,5,7-19H2,1,3-4H3. The Morgan fingerprint density at radius 1 is 0.774 bits per heavy atom. The van der Waals surface area contributed by atoms with Gasteiger partial charge in [-0.2, -0.15) is 0 Å². The molecule has 3 aliphatic rings. The predicted molar refractivity (Wildman–Crippen MR) is 128 cm³/mol. The molecule has 0 saturated heterocycles. The third-order valence-electron chi connectivity index (χ3n) is 7.98. The quantitative estimate of drug-likeness (QED) is 0.369. The number of ether oxygens (including phenoxy) is 3. The fourth-order valence-corrected chi connectivity index (χ4v) is 5.86. The molecule has 3 aliphatic carbocycles. The van der Waals surface area contributed by atoms with Crippen LogP contribution in [-0.4, -0.2) is 49.0 Å². The van der Waals surface area contributed by atoms with Gasteiger partial charge in [0.05, 0.1) is 37.1 Å². The van der Waals surface area contributed by atoms with E-state index in [-0.39, 0.29) is 24.4 Å². The van der Waals surface area contributed by atoms with E-state index in [0.717, 1.165) is 19.3 Å². The summed E-state index contributed by atoms with van der Waals surface area (Å²) in [5.74, 6) is 4.04. The summed E-state index contributed by atoms with van der Waals surface area (Å²) < 4.78 is 20.1. The van der Waals surface area contributed by atoms with Crippen LogP contribution in [0.2, 0.25) is 0 Å². The zero-order valence-electron chi connectivity index (χ0n) is 20.4. The van der Waals surface area contributed by atoms with Gasteiger partial charge in [-0.25, -0.2) is 4.99 Å². The minimum absolute atomic E-state index is 0.0000335. The molecule has 0 N–H and O–H groups in total. The minimum atomic E-state index is -0.0000335. The minimum Gasteiger partial charge on any atom is -0.375 e. The molecule has 3 rings (SSSR count). The highest BCUT2D eigenvalue weighted by atomic mass is 16.6. The second kappa shape index (κ2) is 13.1. The third-order valence-corrected chi connectivity index (χ3v) is 7.98. The lowest BCUT2D eigenvalue weighted by Gasteiger charge is -2.39. The van der Waals surface area contributed by atoms with Crippen LogP contribution in [0.5, 0.6) is 0 Å². The molecule has 3 saturated carbocycles. The van der Waals surface area contributed by atoms with Crippen molar-refractivity contribution in [3.8, 4) is 0 Å². The van der Waals surface area contributed by atoms with Gasteiger partial charge in [0.25, 0.3) is 0 Å². The first-order valence-electron chi connectivity index (χ1n) is 13.3. The maximum absolute atomic E-state index is 6.81. The maximum atomic E-state index is 6.81. The van der Waals surface area contributed by atoms with Crippen molar-refractivity contribution < 1.29 is 14.2 Å². The highest BCUT2D eigenvalue weighted by molar-refractivity contribution is 5.47. The molecule has 3 fully saturated rings. The van der Waals surface area contributed by atoms with Gasteiger partial charge in [-0.3, -0.25) is 0 Å². The molecular formula is C27H47NO3. The Bertz CT molecular complexity index is 561. The van der Waals surface area contributed by atoms with Crippen molar-refractivity contribution in [2.75, 3.05) is 6.61 Å². The fraction of sp³-hybridized carbons (Fsp3) is 0.926.